The Labute approximate surface area is 190 Å². The van der Waals surface area contributed by atoms with Crippen molar-refractivity contribution in [1.29, 1.82) is 0 Å². The largest absolute Gasteiger partial charge is 0.394 e. The molecular weight excluding hydrogens is 440 g/mol. The van der Waals surface area contributed by atoms with E-state index in [1.807, 2.05) is 37.3 Å². The fraction of sp³-hybridized carbons (Fsp3) is 0.550. The monoisotopic (exact) mass is 472 g/mol. The molecule has 9 nitrogen and oxygen atoms in total. The van der Waals surface area contributed by atoms with E-state index >= 15 is 0 Å². The highest BCUT2D eigenvalue weighted by Crippen LogP contribution is 2.23. The van der Waals surface area contributed by atoms with Gasteiger partial charge in [0.1, 0.15) is 6.04 Å². The maximum absolute atomic E-state index is 12.3. The van der Waals surface area contributed by atoms with Crippen LogP contribution in [0.2, 0.25) is 0 Å². The number of carbonyl (C=O) groups is 3. The van der Waals surface area contributed by atoms with E-state index in [1.54, 1.807) is 0 Å². The molecule has 0 aromatic heterocycles. The summed E-state index contributed by atoms with van der Waals surface area (Å²) in [7, 11) is 2.81. The first kappa shape index (κ1) is 27.2. The van der Waals surface area contributed by atoms with Gasteiger partial charge >= 0.3 is 0 Å². The number of aliphatic hydroxyl groups is 2. The Balaban J connectivity index is 2.36. The van der Waals surface area contributed by atoms with Gasteiger partial charge in [-0.1, -0.05) is 51.9 Å². The second kappa shape index (κ2) is 15.1. The first-order chi connectivity index (χ1) is 14.8. The zero-order valence-corrected chi connectivity index (χ0v) is 19.3. The van der Waals surface area contributed by atoms with Crippen LogP contribution >= 0.6 is 21.6 Å². The normalized spacial score (nSPS) is 15.8. The number of nitrogens with one attached hydrogen (secondary N) is 3. The van der Waals surface area contributed by atoms with E-state index in [2.05, 4.69) is 16.0 Å². The fourth-order valence-corrected chi connectivity index (χ4v) is 4.96. The summed E-state index contributed by atoms with van der Waals surface area (Å²) < 4.78 is 0. The third kappa shape index (κ3) is 10.9. The zero-order chi connectivity index (χ0) is 23.2. The van der Waals surface area contributed by atoms with Crippen LogP contribution in [0, 0.1) is 0 Å². The summed E-state index contributed by atoms with van der Waals surface area (Å²) in [4.78, 5) is 35.3. The molecule has 0 fully saturated rings. The number of aliphatic hydroxyl groups excluding tert-OH is 2. The van der Waals surface area contributed by atoms with Crippen molar-refractivity contribution in [2.45, 2.75) is 50.5 Å². The van der Waals surface area contributed by atoms with E-state index in [0.29, 0.717) is 18.6 Å². The van der Waals surface area contributed by atoms with Crippen molar-refractivity contribution in [2.24, 2.45) is 5.73 Å². The molecule has 0 aliphatic rings. The van der Waals surface area contributed by atoms with E-state index in [0.717, 1.165) is 5.56 Å². The van der Waals surface area contributed by atoms with Crippen molar-refractivity contribution < 1.29 is 24.6 Å². The van der Waals surface area contributed by atoms with Crippen molar-refractivity contribution in [3.05, 3.63) is 35.9 Å². The van der Waals surface area contributed by atoms with Crippen molar-refractivity contribution in [3.8, 4) is 0 Å². The van der Waals surface area contributed by atoms with Gasteiger partial charge in [0, 0.05) is 17.5 Å². The van der Waals surface area contributed by atoms with Gasteiger partial charge in [-0.3, -0.25) is 14.4 Å². The van der Waals surface area contributed by atoms with Crippen LogP contribution in [0.3, 0.4) is 0 Å². The van der Waals surface area contributed by atoms with Crippen LogP contribution in [0.15, 0.2) is 30.3 Å². The standard InChI is InChI=1S/C20H32N4O5S2/c1-13(23-19(28)16(21)8-15-6-4-3-5-7-15)10-30-31-11-18(22-12-26)20(29)24-17(9-25)14(2)27/h3-7,12-14,16-18,25,27H,8-11,21H2,1-2H3,(H,22,26)(H,23,28)(H,24,29). The number of hydrogen-bond donors (Lipinski definition) is 6. The average molecular weight is 473 g/mol. The molecule has 0 radical (unpaired) electrons. The van der Waals surface area contributed by atoms with E-state index < -0.39 is 36.7 Å². The Bertz CT molecular complexity index is 681. The summed E-state index contributed by atoms with van der Waals surface area (Å²) in [5, 5.41) is 26.5. The summed E-state index contributed by atoms with van der Waals surface area (Å²) >= 11 is 0. The number of hydrogen-bond acceptors (Lipinski definition) is 8. The molecule has 0 saturated heterocycles. The maximum atomic E-state index is 12.3. The molecule has 5 unspecified atom stereocenters. The van der Waals surface area contributed by atoms with Gasteiger partial charge in [-0.05, 0) is 25.8 Å². The van der Waals surface area contributed by atoms with Gasteiger partial charge in [0.25, 0.3) is 0 Å². The molecule has 5 atom stereocenters. The minimum Gasteiger partial charge on any atom is -0.394 e. The predicted molar refractivity (Wildman–Crippen MR) is 124 cm³/mol. The number of amides is 3. The topological polar surface area (TPSA) is 154 Å². The molecule has 7 N–H and O–H groups in total. The van der Waals surface area contributed by atoms with E-state index in [1.165, 1.54) is 28.5 Å². The van der Waals surface area contributed by atoms with Crippen LogP contribution in [-0.2, 0) is 20.8 Å². The third-order valence-electron chi connectivity index (χ3n) is 4.35. The van der Waals surface area contributed by atoms with Gasteiger partial charge < -0.3 is 31.9 Å². The molecule has 0 spiro atoms. The molecule has 0 saturated carbocycles. The van der Waals surface area contributed by atoms with Crippen LogP contribution < -0.4 is 21.7 Å². The van der Waals surface area contributed by atoms with Crippen LogP contribution in [0.4, 0.5) is 0 Å². The van der Waals surface area contributed by atoms with Crippen molar-refractivity contribution in [1.82, 2.24) is 16.0 Å². The number of benzene rings is 1. The summed E-state index contributed by atoms with van der Waals surface area (Å²) in [5.74, 6) is 0.140. The summed E-state index contributed by atoms with van der Waals surface area (Å²) in [6.07, 6.45) is -0.0370. The molecular formula is C20H32N4O5S2. The summed E-state index contributed by atoms with van der Waals surface area (Å²) in [5.41, 5.74) is 6.98. The van der Waals surface area contributed by atoms with Gasteiger partial charge in [0.15, 0.2) is 0 Å². The molecule has 0 bridgehead atoms. The van der Waals surface area contributed by atoms with E-state index in [4.69, 9.17) is 5.73 Å². The van der Waals surface area contributed by atoms with Crippen molar-refractivity contribution >= 4 is 39.8 Å². The minimum absolute atomic E-state index is 0.132. The zero-order valence-electron chi connectivity index (χ0n) is 17.7. The fourth-order valence-electron chi connectivity index (χ4n) is 2.50. The Kier molecular flexibility index (Phi) is 13.3. The van der Waals surface area contributed by atoms with Crippen molar-refractivity contribution in [2.75, 3.05) is 18.1 Å². The molecule has 0 aliphatic heterocycles. The highest BCUT2D eigenvalue weighted by Gasteiger charge is 2.23. The second-order valence-corrected chi connectivity index (χ2v) is 9.70. The van der Waals surface area contributed by atoms with Crippen LogP contribution in [0.1, 0.15) is 19.4 Å². The van der Waals surface area contributed by atoms with Crippen LogP contribution in [-0.4, -0.2) is 76.8 Å². The Hall–Kier alpha value is -1.79. The molecule has 11 heteroatoms. The lowest BCUT2D eigenvalue weighted by Gasteiger charge is -2.22. The number of carbonyl (C=O) groups excluding carboxylic acids is 3. The highest BCUT2D eigenvalue weighted by molar-refractivity contribution is 8.76. The summed E-state index contributed by atoms with van der Waals surface area (Å²) in [6.45, 7) is 2.90. The molecule has 1 aromatic rings. The molecule has 1 aromatic carbocycles. The lowest BCUT2D eigenvalue weighted by molar-refractivity contribution is -0.126. The Morgan fingerprint density at radius 1 is 1.10 bits per heavy atom. The van der Waals surface area contributed by atoms with Crippen LogP contribution in [0.5, 0.6) is 0 Å². The van der Waals surface area contributed by atoms with Gasteiger partial charge in [-0.2, -0.15) is 0 Å². The van der Waals surface area contributed by atoms with Gasteiger partial charge in [0.2, 0.25) is 18.2 Å². The maximum Gasteiger partial charge on any atom is 0.243 e. The lowest BCUT2D eigenvalue weighted by Crippen LogP contribution is -2.52. The third-order valence-corrected chi connectivity index (χ3v) is 6.94. The average Bonchev–Trinajstić information content (AvgIpc) is 2.74. The first-order valence-electron chi connectivity index (χ1n) is 9.91. The number of rotatable bonds is 15. The molecule has 1 rings (SSSR count). The van der Waals surface area contributed by atoms with Crippen molar-refractivity contribution in [3.63, 3.8) is 0 Å². The SMILES string of the molecule is CC(CSSCC(NC=O)C(=O)NC(CO)C(C)O)NC(=O)C(N)Cc1ccccc1. The highest BCUT2D eigenvalue weighted by atomic mass is 33.1. The predicted octanol–water partition coefficient (Wildman–Crippen LogP) is -0.585. The Morgan fingerprint density at radius 2 is 1.74 bits per heavy atom. The summed E-state index contributed by atoms with van der Waals surface area (Å²) in [6, 6.07) is 7.16. The second-order valence-electron chi connectivity index (χ2n) is 7.15. The van der Waals surface area contributed by atoms with Gasteiger partial charge in [0.05, 0.1) is 24.8 Å². The lowest BCUT2D eigenvalue weighted by atomic mass is 10.1. The quantitative estimate of drug-likeness (QED) is 0.113. The van der Waals surface area contributed by atoms with E-state index in [-0.39, 0.29) is 17.7 Å². The molecule has 31 heavy (non-hydrogen) atoms. The molecule has 0 heterocycles. The number of nitrogens with two attached hydrogens (primary N) is 1. The van der Waals surface area contributed by atoms with Crippen LogP contribution in [0.25, 0.3) is 0 Å². The smallest absolute Gasteiger partial charge is 0.243 e. The van der Waals surface area contributed by atoms with Gasteiger partial charge in [-0.25, -0.2) is 0 Å². The first-order valence-corrected chi connectivity index (χ1v) is 12.4. The van der Waals surface area contributed by atoms with E-state index in [9.17, 15) is 24.6 Å². The molecule has 0 aliphatic carbocycles. The van der Waals surface area contributed by atoms with Gasteiger partial charge in [-0.15, -0.1) is 0 Å². The molecule has 3 amide bonds. The molecule has 174 valence electrons. The Morgan fingerprint density at radius 3 is 2.32 bits per heavy atom. The minimum atomic E-state index is -0.925.